The predicted molar refractivity (Wildman–Crippen MR) is 126 cm³/mol. The molecule has 1 aliphatic heterocycles. The average Bonchev–Trinajstić information content (AvgIpc) is 3.32. The molecule has 36 heavy (non-hydrogen) atoms. The molecule has 4 rings (SSSR count). The third-order valence-electron chi connectivity index (χ3n) is 5.87. The van der Waals surface area contributed by atoms with E-state index >= 15 is 0 Å². The number of nitrogens with one attached hydrogen (secondary N) is 1. The van der Waals surface area contributed by atoms with Crippen molar-refractivity contribution in [3.63, 3.8) is 0 Å². The lowest BCUT2D eigenvalue weighted by Crippen LogP contribution is -2.44. The molecule has 1 aliphatic rings. The highest BCUT2D eigenvalue weighted by atomic mass is 35.5. The zero-order chi connectivity index (χ0) is 25.8. The first kappa shape index (κ1) is 26.2. The van der Waals surface area contributed by atoms with Crippen LogP contribution in [0.25, 0.3) is 0 Å². The Kier molecular flexibility index (Phi) is 8.37. The monoisotopic (exact) mass is 543 g/mol. The normalized spacial score (nSPS) is 15.8. The van der Waals surface area contributed by atoms with Gasteiger partial charge in [0.05, 0.1) is 27.0 Å². The SMILES string of the molecule is Cc1cnc(F)nc1OC1CCN(C(CNC(=O)c2c(F)cccc2Cl)c2scnc2C(F)F)CC1. The Hall–Kier alpha value is -2.83. The minimum atomic E-state index is -2.79. The van der Waals surface area contributed by atoms with Gasteiger partial charge in [-0.3, -0.25) is 9.69 Å². The number of piperidine rings is 1. The summed E-state index contributed by atoms with van der Waals surface area (Å²) in [5, 5.41) is 2.58. The van der Waals surface area contributed by atoms with E-state index in [4.69, 9.17) is 16.3 Å². The minimum absolute atomic E-state index is 0.0514. The molecule has 1 atom stereocenters. The van der Waals surface area contributed by atoms with Crippen LogP contribution in [0.1, 0.15) is 51.8 Å². The largest absolute Gasteiger partial charge is 0.474 e. The maximum Gasteiger partial charge on any atom is 0.311 e. The van der Waals surface area contributed by atoms with Crippen LogP contribution in [0.5, 0.6) is 5.88 Å². The molecule has 1 saturated heterocycles. The number of nitrogens with zero attached hydrogens (tertiary/aromatic N) is 4. The minimum Gasteiger partial charge on any atom is -0.474 e. The summed E-state index contributed by atoms with van der Waals surface area (Å²) >= 11 is 7.06. The fraction of sp³-hybridized carbons (Fsp3) is 0.391. The second kappa shape index (κ2) is 11.5. The number of hydrogen-bond donors (Lipinski definition) is 1. The highest BCUT2D eigenvalue weighted by molar-refractivity contribution is 7.09. The van der Waals surface area contributed by atoms with Gasteiger partial charge in [0.1, 0.15) is 17.6 Å². The maximum absolute atomic E-state index is 14.2. The van der Waals surface area contributed by atoms with Crippen LogP contribution < -0.4 is 10.1 Å². The van der Waals surface area contributed by atoms with Gasteiger partial charge in [0.25, 0.3) is 12.3 Å². The first-order chi connectivity index (χ1) is 17.2. The highest BCUT2D eigenvalue weighted by Crippen LogP contribution is 2.35. The molecular formula is C23H22ClF4N5O2S. The van der Waals surface area contributed by atoms with Gasteiger partial charge in [0.15, 0.2) is 0 Å². The lowest BCUT2D eigenvalue weighted by molar-refractivity contribution is 0.0671. The Bertz CT molecular complexity index is 1200. The van der Waals surface area contributed by atoms with E-state index < -0.39 is 30.3 Å². The van der Waals surface area contributed by atoms with Crippen LogP contribution in [-0.4, -0.2) is 51.5 Å². The van der Waals surface area contributed by atoms with E-state index in [2.05, 4.69) is 20.3 Å². The number of aryl methyl sites for hydroxylation is 1. The number of benzene rings is 1. The first-order valence-corrected chi connectivity index (χ1v) is 12.3. The third kappa shape index (κ3) is 5.93. The average molecular weight is 544 g/mol. The van der Waals surface area contributed by atoms with Gasteiger partial charge in [-0.1, -0.05) is 17.7 Å². The predicted octanol–water partition coefficient (Wildman–Crippen LogP) is 5.13. The van der Waals surface area contributed by atoms with Gasteiger partial charge >= 0.3 is 6.08 Å². The third-order valence-corrected chi connectivity index (χ3v) is 7.13. The second-order valence-electron chi connectivity index (χ2n) is 8.21. The molecule has 0 radical (unpaired) electrons. The lowest BCUT2D eigenvalue weighted by Gasteiger charge is -2.37. The zero-order valence-electron chi connectivity index (χ0n) is 19.1. The molecule has 1 aromatic carbocycles. The van der Waals surface area contributed by atoms with Crippen molar-refractivity contribution in [1.29, 1.82) is 0 Å². The second-order valence-corrected chi connectivity index (χ2v) is 9.50. The summed E-state index contributed by atoms with van der Waals surface area (Å²) in [4.78, 5) is 25.9. The number of likely N-dealkylation sites (tertiary alicyclic amines) is 1. The van der Waals surface area contributed by atoms with E-state index in [-0.39, 0.29) is 34.8 Å². The number of carbonyl (C=O) groups excluding carboxylic acids is 1. The molecule has 7 nitrogen and oxygen atoms in total. The van der Waals surface area contributed by atoms with Gasteiger partial charge in [0, 0.05) is 31.4 Å². The van der Waals surface area contributed by atoms with Gasteiger partial charge in [-0.25, -0.2) is 23.1 Å². The first-order valence-electron chi connectivity index (χ1n) is 11.1. The van der Waals surface area contributed by atoms with Crippen molar-refractivity contribution in [2.75, 3.05) is 19.6 Å². The van der Waals surface area contributed by atoms with E-state index in [1.165, 1.54) is 23.8 Å². The quantitative estimate of drug-likeness (QED) is 0.314. The highest BCUT2D eigenvalue weighted by Gasteiger charge is 2.32. The Morgan fingerprint density at radius 2 is 2.03 bits per heavy atom. The number of amides is 1. The number of thiazole rings is 1. The van der Waals surface area contributed by atoms with Crippen molar-refractivity contribution >= 4 is 28.8 Å². The van der Waals surface area contributed by atoms with Gasteiger partial charge in [-0.15, -0.1) is 11.3 Å². The van der Waals surface area contributed by atoms with Crippen LogP contribution in [0.2, 0.25) is 5.02 Å². The number of halogens is 5. The van der Waals surface area contributed by atoms with Crippen molar-refractivity contribution in [1.82, 2.24) is 25.2 Å². The molecule has 1 unspecified atom stereocenters. The fourth-order valence-corrected chi connectivity index (χ4v) is 5.23. The van der Waals surface area contributed by atoms with E-state index in [1.807, 2.05) is 4.90 Å². The van der Waals surface area contributed by atoms with Gasteiger partial charge in [-0.05, 0) is 31.9 Å². The molecular weight excluding hydrogens is 522 g/mol. The van der Waals surface area contributed by atoms with Crippen molar-refractivity contribution in [2.24, 2.45) is 0 Å². The van der Waals surface area contributed by atoms with Crippen molar-refractivity contribution in [3.8, 4) is 5.88 Å². The fourth-order valence-electron chi connectivity index (χ4n) is 4.05. The Balaban J connectivity index is 1.48. The van der Waals surface area contributed by atoms with Gasteiger partial charge < -0.3 is 10.1 Å². The number of hydrogen-bond acceptors (Lipinski definition) is 7. The van der Waals surface area contributed by atoms with Crippen LogP contribution in [0.4, 0.5) is 17.6 Å². The van der Waals surface area contributed by atoms with Crippen molar-refractivity contribution in [3.05, 3.63) is 68.5 Å². The van der Waals surface area contributed by atoms with E-state index in [0.29, 0.717) is 36.4 Å². The number of rotatable bonds is 8. The summed E-state index contributed by atoms with van der Waals surface area (Å²) in [6.45, 7) is 2.53. The molecule has 0 aliphatic carbocycles. The molecule has 1 amide bonds. The number of carbonyl (C=O) groups is 1. The van der Waals surface area contributed by atoms with Crippen LogP contribution >= 0.6 is 22.9 Å². The van der Waals surface area contributed by atoms with Crippen molar-refractivity contribution < 1.29 is 27.1 Å². The van der Waals surface area contributed by atoms with E-state index in [9.17, 15) is 22.4 Å². The Morgan fingerprint density at radius 1 is 1.28 bits per heavy atom. The summed E-state index contributed by atoms with van der Waals surface area (Å²) in [6.07, 6.45) is -1.58. The molecule has 0 bridgehead atoms. The zero-order valence-corrected chi connectivity index (χ0v) is 20.6. The molecule has 1 fully saturated rings. The van der Waals surface area contributed by atoms with Crippen LogP contribution in [0.3, 0.4) is 0 Å². The molecule has 0 saturated carbocycles. The van der Waals surface area contributed by atoms with Crippen LogP contribution in [0, 0.1) is 18.8 Å². The summed E-state index contributed by atoms with van der Waals surface area (Å²) in [5.41, 5.74) is 1.27. The van der Waals surface area contributed by atoms with E-state index in [1.54, 1.807) is 6.92 Å². The topological polar surface area (TPSA) is 80.2 Å². The lowest BCUT2D eigenvalue weighted by atomic mass is 10.0. The molecule has 1 N–H and O–H groups in total. The number of aromatic nitrogens is 3. The smallest absolute Gasteiger partial charge is 0.311 e. The molecule has 13 heteroatoms. The summed E-state index contributed by atoms with van der Waals surface area (Å²) < 4.78 is 60.7. The Labute approximate surface area is 213 Å². The summed E-state index contributed by atoms with van der Waals surface area (Å²) in [5.74, 6) is -1.36. The molecule has 192 valence electrons. The molecule has 3 aromatic rings. The van der Waals surface area contributed by atoms with Gasteiger partial charge in [-0.2, -0.15) is 9.37 Å². The number of alkyl halides is 2. The number of ether oxygens (including phenoxy) is 1. The molecule has 2 aromatic heterocycles. The van der Waals surface area contributed by atoms with Crippen molar-refractivity contribution in [2.45, 2.75) is 38.3 Å². The Morgan fingerprint density at radius 3 is 2.72 bits per heavy atom. The standard InChI is InChI=1S/C23H22ClF4N5O2S/c1-12-9-30-23(28)32-22(12)35-13-5-7-33(8-6-13)16(19-18(20(26)27)31-11-36-19)10-29-21(34)17-14(24)3-2-4-15(17)25/h2-4,9,11,13,16,20H,5-8,10H2,1H3,(H,29,34). The van der Waals surface area contributed by atoms with Crippen LogP contribution in [0.15, 0.2) is 29.9 Å². The maximum atomic E-state index is 14.2. The summed E-state index contributed by atoms with van der Waals surface area (Å²) in [7, 11) is 0. The van der Waals surface area contributed by atoms with Gasteiger partial charge in [0.2, 0.25) is 5.88 Å². The van der Waals surface area contributed by atoms with E-state index in [0.717, 1.165) is 17.4 Å². The molecule has 3 heterocycles. The van der Waals surface area contributed by atoms with Crippen LogP contribution in [-0.2, 0) is 0 Å². The summed E-state index contributed by atoms with van der Waals surface area (Å²) in [6, 6.07) is 3.26. The molecule has 0 spiro atoms.